The van der Waals surface area contributed by atoms with Crippen LogP contribution in [0.15, 0.2) is 60.7 Å². The molecule has 252 valence electrons. The lowest BCUT2D eigenvalue weighted by atomic mass is 9.33. The zero-order chi connectivity index (χ0) is 32.5. The third-order valence-electron chi connectivity index (χ3n) is 13.3. The number of rotatable bonds is 11. The monoisotopic (exact) mass is 651 g/mol. The molecule has 2 aliphatic heterocycles. The van der Waals surface area contributed by atoms with Gasteiger partial charge in [0.1, 0.15) is 0 Å². The normalized spacial score (nSPS) is 36.8. The summed E-state index contributed by atoms with van der Waals surface area (Å²) in [4.78, 5) is 24.6. The van der Waals surface area contributed by atoms with Gasteiger partial charge in [-0.05, 0) is 139 Å². The fourth-order valence-electron chi connectivity index (χ4n) is 11.6. The Labute approximate surface area is 281 Å². The third kappa shape index (κ3) is 4.84. The van der Waals surface area contributed by atoms with E-state index in [2.05, 4.69) is 53.9 Å². The highest BCUT2D eigenvalue weighted by Crippen LogP contribution is 2.71. The molecule has 10 rings (SSSR count). The zero-order valence-electron chi connectivity index (χ0n) is 27.5. The Hall–Kier alpha value is -3.94. The van der Waals surface area contributed by atoms with Crippen molar-refractivity contribution in [2.45, 2.75) is 45.4 Å². The van der Waals surface area contributed by atoms with Crippen LogP contribution >= 0.6 is 0 Å². The largest absolute Gasteiger partial charge is 0.481 e. The summed E-state index contributed by atoms with van der Waals surface area (Å²) in [6.45, 7) is 3.19. The number of fused-ring (bicyclic) bond motifs is 3. The van der Waals surface area contributed by atoms with E-state index in [1.54, 1.807) is 0 Å². The van der Waals surface area contributed by atoms with E-state index in [0.717, 1.165) is 48.7 Å². The van der Waals surface area contributed by atoms with Gasteiger partial charge in [-0.3, -0.25) is 9.59 Å². The van der Waals surface area contributed by atoms with Crippen LogP contribution in [-0.4, -0.2) is 37.1 Å². The summed E-state index contributed by atoms with van der Waals surface area (Å²) in [5, 5.41) is 12.6. The topological polar surface area (TPSA) is 103 Å². The van der Waals surface area contributed by atoms with Gasteiger partial charge in [-0.15, -0.1) is 0 Å². The average molecular weight is 652 g/mol. The number of ether oxygens (including phenoxy) is 4. The summed E-state index contributed by atoms with van der Waals surface area (Å²) < 4.78 is 22.6. The van der Waals surface area contributed by atoms with Crippen molar-refractivity contribution in [3.8, 4) is 23.0 Å². The van der Waals surface area contributed by atoms with Crippen molar-refractivity contribution < 1.29 is 33.6 Å². The summed E-state index contributed by atoms with van der Waals surface area (Å²) >= 11 is 0. The van der Waals surface area contributed by atoms with Gasteiger partial charge in [-0.1, -0.05) is 36.4 Å². The van der Waals surface area contributed by atoms with E-state index in [1.165, 1.54) is 11.1 Å². The van der Waals surface area contributed by atoms with E-state index in [4.69, 9.17) is 18.9 Å². The molecule has 3 fully saturated rings. The molecule has 2 N–H and O–H groups in total. The second kappa shape index (κ2) is 11.9. The van der Waals surface area contributed by atoms with Crippen molar-refractivity contribution in [3.05, 3.63) is 71.8 Å². The predicted molar refractivity (Wildman–Crippen MR) is 177 cm³/mol. The number of carbonyl (C=O) groups is 2. The van der Waals surface area contributed by atoms with Crippen LogP contribution in [0.5, 0.6) is 23.0 Å². The first-order chi connectivity index (χ1) is 23.5. The molecule has 2 heterocycles. The number of allylic oxidation sites excluding steroid dienone is 4. The van der Waals surface area contributed by atoms with Crippen molar-refractivity contribution in [2.75, 3.05) is 20.1 Å². The van der Waals surface area contributed by atoms with Gasteiger partial charge in [0.25, 0.3) is 0 Å². The first-order valence-electron chi connectivity index (χ1n) is 18.1. The van der Waals surface area contributed by atoms with Crippen molar-refractivity contribution in [1.29, 1.82) is 0 Å². The number of hydrogen-bond acceptors (Lipinski definition) is 6. The van der Waals surface area contributed by atoms with Crippen molar-refractivity contribution in [1.82, 2.24) is 5.32 Å². The SMILES string of the molecule is CCNC(=O)C[C@H]1[C@H](Cc2ccc3c(c2)OCO3)[C@H]2[C@H]3C=C[C@H]([C@@H]4C=C[C@H]5[C@@H](Cc6ccc7c(c6)OCO7)[C@H](CCCC(=O)O)[C@H]5[C@@H]43)[C@@H]12. The molecule has 2 aromatic carbocycles. The Morgan fingerprint density at radius 2 is 1.25 bits per heavy atom. The highest BCUT2D eigenvalue weighted by atomic mass is 16.7. The van der Waals surface area contributed by atoms with Crippen molar-refractivity contribution >= 4 is 11.9 Å². The average Bonchev–Trinajstić information content (AvgIpc) is 3.75. The molecule has 2 aromatic rings. The number of nitrogens with one attached hydrogen (secondary N) is 1. The van der Waals surface area contributed by atoms with Gasteiger partial charge in [0.15, 0.2) is 23.0 Å². The summed E-state index contributed by atoms with van der Waals surface area (Å²) in [5.41, 5.74) is 2.52. The first kappa shape index (κ1) is 30.1. The zero-order valence-corrected chi connectivity index (χ0v) is 27.5. The maximum absolute atomic E-state index is 13.1. The summed E-state index contributed by atoms with van der Waals surface area (Å²) in [6, 6.07) is 12.7. The number of carboxylic acids is 1. The minimum Gasteiger partial charge on any atom is -0.481 e. The highest BCUT2D eigenvalue weighted by Gasteiger charge is 2.67. The number of aliphatic carboxylic acids is 1. The first-order valence-corrected chi connectivity index (χ1v) is 18.1. The van der Waals surface area contributed by atoms with E-state index >= 15 is 0 Å². The van der Waals surface area contributed by atoms with Gasteiger partial charge in [-0.2, -0.15) is 0 Å². The number of hydrogen-bond donors (Lipinski definition) is 2. The van der Waals surface area contributed by atoms with E-state index in [0.29, 0.717) is 84.0 Å². The fraction of sp³-hybridized carbons (Fsp3) is 0.550. The molecule has 1 amide bonds. The van der Waals surface area contributed by atoms with Crippen LogP contribution in [0, 0.1) is 71.0 Å². The molecule has 48 heavy (non-hydrogen) atoms. The van der Waals surface area contributed by atoms with Gasteiger partial charge >= 0.3 is 5.97 Å². The molecule has 8 nitrogen and oxygen atoms in total. The lowest BCUT2D eigenvalue weighted by Crippen LogP contribution is -2.67. The van der Waals surface area contributed by atoms with Crippen LogP contribution in [0.2, 0.25) is 0 Å². The van der Waals surface area contributed by atoms with Crippen LogP contribution in [-0.2, 0) is 22.4 Å². The minimum absolute atomic E-state index is 0.168. The molecule has 3 saturated carbocycles. The second-order valence-electron chi connectivity index (χ2n) is 15.3. The Morgan fingerprint density at radius 1 is 0.688 bits per heavy atom. The predicted octanol–water partition coefficient (Wildman–Crippen LogP) is 6.29. The third-order valence-corrected chi connectivity index (χ3v) is 13.3. The van der Waals surface area contributed by atoms with Crippen LogP contribution < -0.4 is 24.3 Å². The van der Waals surface area contributed by atoms with E-state index in [1.807, 2.05) is 19.1 Å². The Kier molecular flexibility index (Phi) is 7.46. The standard InChI is InChI=1S/C40H45NO7/c1-2-41-35(42)18-30-29(15-22-7-13-32-34(17-22)48-20-46-32)40-27-11-10-25(39(30)40)24-8-9-26-28(14-21-6-12-31-33(16-21)47-19-45-31)23(37(26)38(24)27)4-3-5-36(43)44/h6-13,16-17,23-30,37-40H,2-5,14-15,18-20H2,1H3,(H,41,42)(H,43,44)/t23-,24-,25+,26-,27-,28-,29-,30-,37+,38-,39-,40+/m0/s1. The smallest absolute Gasteiger partial charge is 0.303 e. The molecule has 0 radical (unpaired) electrons. The molecule has 6 aliphatic carbocycles. The fourth-order valence-corrected chi connectivity index (χ4v) is 11.6. The van der Waals surface area contributed by atoms with Gasteiger partial charge in [0.05, 0.1) is 0 Å². The van der Waals surface area contributed by atoms with Crippen LogP contribution in [0.4, 0.5) is 0 Å². The van der Waals surface area contributed by atoms with Crippen LogP contribution in [0.25, 0.3) is 0 Å². The molecule has 2 bridgehead atoms. The molecular formula is C40H45NO7. The summed E-state index contributed by atoms with van der Waals surface area (Å²) in [5.74, 6) is 8.55. The number of carboxylic acid groups (broad SMARTS) is 1. The molecule has 12 atom stereocenters. The molecule has 0 spiro atoms. The maximum Gasteiger partial charge on any atom is 0.303 e. The van der Waals surface area contributed by atoms with Gasteiger partial charge in [-0.25, -0.2) is 0 Å². The highest BCUT2D eigenvalue weighted by molar-refractivity contribution is 5.76. The molecule has 0 aromatic heterocycles. The van der Waals surface area contributed by atoms with Crippen molar-refractivity contribution in [3.63, 3.8) is 0 Å². The van der Waals surface area contributed by atoms with E-state index in [9.17, 15) is 14.7 Å². The second-order valence-corrected chi connectivity index (χ2v) is 15.3. The Balaban J connectivity index is 1.01. The molecule has 0 saturated heterocycles. The van der Waals surface area contributed by atoms with Gasteiger partial charge < -0.3 is 29.4 Å². The lowest BCUT2D eigenvalue weighted by Gasteiger charge is -2.71. The number of benzene rings is 2. The Morgan fingerprint density at radius 3 is 1.92 bits per heavy atom. The van der Waals surface area contributed by atoms with E-state index < -0.39 is 5.97 Å². The maximum atomic E-state index is 13.1. The summed E-state index contributed by atoms with van der Waals surface area (Å²) in [7, 11) is 0. The van der Waals surface area contributed by atoms with Crippen LogP contribution in [0.1, 0.15) is 43.7 Å². The molecular weight excluding hydrogens is 606 g/mol. The summed E-state index contributed by atoms with van der Waals surface area (Å²) in [6.07, 6.45) is 14.5. The van der Waals surface area contributed by atoms with Crippen molar-refractivity contribution in [2.24, 2.45) is 71.0 Å². The number of amides is 1. The Bertz CT molecular complexity index is 1670. The number of carbonyl (C=O) groups excluding carboxylic acids is 1. The minimum atomic E-state index is -0.707. The molecule has 8 aliphatic rings. The lowest BCUT2D eigenvalue weighted by molar-refractivity contribution is -0.191. The van der Waals surface area contributed by atoms with E-state index in [-0.39, 0.29) is 25.9 Å². The quantitative estimate of drug-likeness (QED) is 0.276. The van der Waals surface area contributed by atoms with Crippen LogP contribution in [0.3, 0.4) is 0 Å². The van der Waals surface area contributed by atoms with Gasteiger partial charge in [0.2, 0.25) is 19.5 Å². The van der Waals surface area contributed by atoms with Gasteiger partial charge in [0, 0.05) is 19.4 Å². The molecule has 8 heteroatoms. The molecule has 0 unspecified atom stereocenters.